The van der Waals surface area contributed by atoms with Crippen molar-refractivity contribution in [3.05, 3.63) is 82.9 Å². The number of Topliss-reactive ketones (excluding diaryl/α,β-unsaturated/α-hetero) is 1. The topological polar surface area (TPSA) is 88.4 Å². The predicted molar refractivity (Wildman–Crippen MR) is 98.9 cm³/mol. The number of esters is 1. The van der Waals surface area contributed by atoms with Gasteiger partial charge in [0.05, 0.1) is 18.2 Å². The third-order valence-corrected chi connectivity index (χ3v) is 3.74. The van der Waals surface area contributed by atoms with Crippen LogP contribution < -0.4 is 5.32 Å². The molecule has 2 aromatic carbocycles. The number of ketones is 1. The summed E-state index contributed by atoms with van der Waals surface area (Å²) in [4.78, 5) is 25.0. The number of ether oxygens (including phenoxy) is 2. The lowest BCUT2D eigenvalue weighted by atomic mass is 10.1. The van der Waals surface area contributed by atoms with Gasteiger partial charge in [0.2, 0.25) is 11.7 Å². The Labute approximate surface area is 156 Å². The summed E-state index contributed by atoms with van der Waals surface area (Å²) in [6.45, 7) is 1.81. The maximum absolute atomic E-state index is 12.7. The van der Waals surface area contributed by atoms with E-state index in [4.69, 9.17) is 14.7 Å². The second-order valence-corrected chi connectivity index (χ2v) is 5.59. The van der Waals surface area contributed by atoms with Crippen molar-refractivity contribution in [1.29, 1.82) is 5.26 Å². The number of carbonyl (C=O) groups is 2. The number of hydrogen-bond acceptors (Lipinski definition) is 6. The SMILES string of the molecule is CCOC(=O)C1=C(Nc2ccccc2)O/C(=C\c2ccc(C#N)cc2)C1=O. The lowest BCUT2D eigenvalue weighted by molar-refractivity contribution is -0.139. The average Bonchev–Trinajstić information content (AvgIpc) is 2.98. The zero-order valence-corrected chi connectivity index (χ0v) is 14.6. The van der Waals surface area contributed by atoms with Crippen LogP contribution in [0.25, 0.3) is 6.08 Å². The minimum Gasteiger partial charge on any atom is -0.462 e. The van der Waals surface area contributed by atoms with Gasteiger partial charge in [-0.1, -0.05) is 30.3 Å². The third kappa shape index (κ3) is 4.05. The van der Waals surface area contributed by atoms with Crippen LogP contribution in [0.2, 0.25) is 0 Å². The fraction of sp³-hybridized carbons (Fsp3) is 0.0952. The van der Waals surface area contributed by atoms with Crippen molar-refractivity contribution in [3.63, 3.8) is 0 Å². The zero-order chi connectivity index (χ0) is 19.2. The van der Waals surface area contributed by atoms with E-state index in [1.165, 1.54) is 6.08 Å². The van der Waals surface area contributed by atoms with Gasteiger partial charge < -0.3 is 14.8 Å². The molecule has 6 nitrogen and oxygen atoms in total. The van der Waals surface area contributed by atoms with Gasteiger partial charge in [0.15, 0.2) is 11.3 Å². The first-order valence-electron chi connectivity index (χ1n) is 8.30. The summed E-state index contributed by atoms with van der Waals surface area (Å²) in [6.07, 6.45) is 1.52. The molecule has 1 N–H and O–H groups in total. The van der Waals surface area contributed by atoms with Crippen molar-refractivity contribution in [3.8, 4) is 6.07 Å². The lowest BCUT2D eigenvalue weighted by Gasteiger charge is -2.08. The Morgan fingerprint density at radius 3 is 2.52 bits per heavy atom. The van der Waals surface area contributed by atoms with Crippen molar-refractivity contribution >= 4 is 23.5 Å². The largest absolute Gasteiger partial charge is 0.462 e. The summed E-state index contributed by atoms with van der Waals surface area (Å²) in [5.41, 5.74) is 1.66. The highest BCUT2D eigenvalue weighted by molar-refractivity contribution is 6.26. The van der Waals surface area contributed by atoms with Gasteiger partial charge in [-0.3, -0.25) is 4.79 Å². The number of nitriles is 1. The maximum Gasteiger partial charge on any atom is 0.347 e. The smallest absolute Gasteiger partial charge is 0.347 e. The molecule has 0 unspecified atom stereocenters. The van der Waals surface area contributed by atoms with Crippen molar-refractivity contribution in [1.82, 2.24) is 0 Å². The Morgan fingerprint density at radius 2 is 1.89 bits per heavy atom. The Kier molecular flexibility index (Phi) is 5.33. The molecule has 27 heavy (non-hydrogen) atoms. The Morgan fingerprint density at radius 1 is 1.19 bits per heavy atom. The highest BCUT2D eigenvalue weighted by Gasteiger charge is 2.36. The van der Waals surface area contributed by atoms with E-state index < -0.39 is 11.8 Å². The number of nitrogens with zero attached hydrogens (tertiary/aromatic N) is 1. The minimum atomic E-state index is -0.746. The van der Waals surface area contributed by atoms with E-state index in [2.05, 4.69) is 5.32 Å². The molecule has 1 aliphatic rings. The predicted octanol–water partition coefficient (Wildman–Crippen LogP) is 3.39. The zero-order valence-electron chi connectivity index (χ0n) is 14.6. The molecule has 0 bridgehead atoms. The Hall–Kier alpha value is -3.85. The minimum absolute atomic E-state index is 0.00110. The number of hydrogen-bond donors (Lipinski definition) is 1. The summed E-state index contributed by atoms with van der Waals surface area (Å²) in [5, 5.41) is 11.8. The lowest BCUT2D eigenvalue weighted by Crippen LogP contribution is -2.16. The summed E-state index contributed by atoms with van der Waals surface area (Å²) >= 11 is 0. The van der Waals surface area contributed by atoms with Gasteiger partial charge in [-0.25, -0.2) is 4.79 Å². The van der Waals surface area contributed by atoms with Crippen LogP contribution in [0.1, 0.15) is 18.1 Å². The van der Waals surface area contributed by atoms with Crippen LogP contribution in [0, 0.1) is 11.3 Å². The van der Waals surface area contributed by atoms with E-state index in [1.54, 1.807) is 43.3 Å². The van der Waals surface area contributed by atoms with Crippen LogP contribution in [0.3, 0.4) is 0 Å². The summed E-state index contributed by atoms with van der Waals surface area (Å²) in [6, 6.07) is 17.7. The highest BCUT2D eigenvalue weighted by Crippen LogP contribution is 2.28. The molecule has 1 aliphatic heterocycles. The number of nitrogens with one attached hydrogen (secondary N) is 1. The third-order valence-electron chi connectivity index (χ3n) is 3.74. The average molecular weight is 360 g/mol. The van der Waals surface area contributed by atoms with Crippen molar-refractivity contribution in [2.75, 3.05) is 11.9 Å². The molecule has 0 aromatic heterocycles. The molecule has 0 fully saturated rings. The molecule has 0 atom stereocenters. The first-order valence-corrected chi connectivity index (χ1v) is 8.30. The van der Waals surface area contributed by atoms with Gasteiger partial charge in [-0.2, -0.15) is 5.26 Å². The van der Waals surface area contributed by atoms with Gasteiger partial charge in [-0.15, -0.1) is 0 Å². The van der Waals surface area contributed by atoms with Crippen molar-refractivity contribution in [2.24, 2.45) is 0 Å². The standard InChI is InChI=1S/C21H16N2O4/c1-2-26-21(25)18-19(24)17(12-14-8-10-15(13-22)11-9-14)27-20(18)23-16-6-4-3-5-7-16/h3-12,23H,2H2,1H3/b17-12-. The second-order valence-electron chi connectivity index (χ2n) is 5.59. The molecular formula is C21H16N2O4. The van der Waals surface area contributed by atoms with Crippen LogP contribution in [0.15, 0.2) is 71.8 Å². The van der Waals surface area contributed by atoms with Gasteiger partial charge in [-0.05, 0) is 42.8 Å². The second kappa shape index (κ2) is 8.02. The van der Waals surface area contributed by atoms with E-state index in [-0.39, 0.29) is 23.8 Å². The van der Waals surface area contributed by atoms with E-state index >= 15 is 0 Å². The Bertz CT molecular complexity index is 967. The quantitative estimate of drug-likeness (QED) is 0.499. The molecule has 3 rings (SSSR count). The van der Waals surface area contributed by atoms with Crippen molar-refractivity contribution < 1.29 is 19.1 Å². The molecule has 6 heteroatoms. The van der Waals surface area contributed by atoms with E-state index in [0.717, 1.165) is 0 Å². The van der Waals surface area contributed by atoms with E-state index in [1.807, 2.05) is 24.3 Å². The van der Waals surface area contributed by atoms with Gasteiger partial charge in [0.1, 0.15) is 0 Å². The number of carbonyl (C=O) groups excluding carboxylic acids is 2. The van der Waals surface area contributed by atoms with Crippen molar-refractivity contribution in [2.45, 2.75) is 6.92 Å². The number of anilines is 1. The fourth-order valence-corrected chi connectivity index (χ4v) is 2.46. The normalized spacial score (nSPS) is 14.7. The molecule has 1 heterocycles. The molecule has 0 aliphatic carbocycles. The van der Waals surface area contributed by atoms with Gasteiger partial charge in [0.25, 0.3) is 0 Å². The summed E-state index contributed by atoms with van der Waals surface area (Å²) in [5.74, 6) is -1.27. The first kappa shape index (κ1) is 18.0. The molecule has 0 saturated heterocycles. The van der Waals surface area contributed by atoms with Crippen LogP contribution >= 0.6 is 0 Å². The van der Waals surface area contributed by atoms with Crippen LogP contribution in [0.4, 0.5) is 5.69 Å². The van der Waals surface area contributed by atoms with Gasteiger partial charge >= 0.3 is 5.97 Å². The number of allylic oxidation sites excluding steroid dienone is 1. The fourth-order valence-electron chi connectivity index (χ4n) is 2.46. The van der Waals surface area contributed by atoms with Gasteiger partial charge in [0, 0.05) is 5.69 Å². The van der Waals surface area contributed by atoms with E-state index in [0.29, 0.717) is 16.8 Å². The molecule has 2 aromatic rings. The summed E-state index contributed by atoms with van der Waals surface area (Å²) < 4.78 is 10.6. The summed E-state index contributed by atoms with van der Waals surface area (Å²) in [7, 11) is 0. The van der Waals surface area contributed by atoms with Crippen LogP contribution in [-0.2, 0) is 19.1 Å². The molecule has 0 saturated carbocycles. The first-order chi connectivity index (χ1) is 13.1. The number of para-hydroxylation sites is 1. The Balaban J connectivity index is 1.92. The van der Waals surface area contributed by atoms with E-state index in [9.17, 15) is 9.59 Å². The van der Waals surface area contributed by atoms with Crippen LogP contribution in [-0.4, -0.2) is 18.4 Å². The molecule has 0 amide bonds. The monoisotopic (exact) mass is 360 g/mol. The molecular weight excluding hydrogens is 344 g/mol. The van der Waals surface area contributed by atoms with Crippen LogP contribution in [0.5, 0.6) is 0 Å². The molecule has 0 spiro atoms. The highest BCUT2D eigenvalue weighted by atomic mass is 16.5. The molecule has 134 valence electrons. The number of benzene rings is 2. The number of rotatable bonds is 5. The maximum atomic E-state index is 12.7. The molecule has 0 radical (unpaired) electrons.